The molecule has 1 atom stereocenters. The van der Waals surface area contributed by atoms with E-state index in [1.165, 1.54) is 0 Å². The molecule has 0 amide bonds. The fourth-order valence-electron chi connectivity index (χ4n) is 1.67. The second kappa shape index (κ2) is 7.22. The van der Waals surface area contributed by atoms with E-state index in [2.05, 4.69) is 23.9 Å². The summed E-state index contributed by atoms with van der Waals surface area (Å²) in [5, 5.41) is 3.33. The number of alkyl halides is 2. The number of nitrogens with one attached hydrogen (secondary N) is 1. The summed E-state index contributed by atoms with van der Waals surface area (Å²) in [6.07, 6.45) is 1.96. The molecule has 0 heterocycles. The average Bonchev–Trinajstić information content (AvgIpc) is 2.28. The van der Waals surface area contributed by atoms with Crippen LogP contribution in [-0.4, -0.2) is 19.2 Å². The molecule has 0 spiro atoms. The van der Waals surface area contributed by atoms with Crippen LogP contribution in [0.1, 0.15) is 25.8 Å². The van der Waals surface area contributed by atoms with Gasteiger partial charge in [0.15, 0.2) is 0 Å². The zero-order valence-corrected chi connectivity index (χ0v) is 10.2. The standard InChI is InChI=1S/C13H19F2NO/c1-3-16-10(2)4-5-11-6-8-12(9-7-11)17-13(14)15/h6-10,13,16H,3-5H2,1-2H3. The van der Waals surface area contributed by atoms with Crippen molar-refractivity contribution in [3.05, 3.63) is 29.8 Å². The first-order valence-electron chi connectivity index (χ1n) is 5.89. The number of aryl methyl sites for hydroxylation is 1. The van der Waals surface area contributed by atoms with Crippen molar-refractivity contribution in [2.24, 2.45) is 0 Å². The Hall–Kier alpha value is -1.16. The van der Waals surface area contributed by atoms with Crippen molar-refractivity contribution in [2.75, 3.05) is 6.54 Å². The molecule has 1 aromatic rings. The van der Waals surface area contributed by atoms with Crippen LogP contribution in [0.3, 0.4) is 0 Å². The van der Waals surface area contributed by atoms with Gasteiger partial charge in [-0.15, -0.1) is 0 Å². The Bertz CT molecular complexity index is 314. The molecular weight excluding hydrogens is 224 g/mol. The molecule has 0 fully saturated rings. The first-order valence-corrected chi connectivity index (χ1v) is 5.89. The van der Waals surface area contributed by atoms with E-state index in [0.29, 0.717) is 6.04 Å². The van der Waals surface area contributed by atoms with Gasteiger partial charge in [0, 0.05) is 6.04 Å². The summed E-state index contributed by atoms with van der Waals surface area (Å²) in [4.78, 5) is 0. The van der Waals surface area contributed by atoms with Crippen molar-refractivity contribution in [1.82, 2.24) is 5.32 Å². The smallest absolute Gasteiger partial charge is 0.387 e. The number of hydrogen-bond donors (Lipinski definition) is 1. The van der Waals surface area contributed by atoms with Gasteiger partial charge in [0.05, 0.1) is 0 Å². The van der Waals surface area contributed by atoms with E-state index in [-0.39, 0.29) is 5.75 Å². The lowest BCUT2D eigenvalue weighted by atomic mass is 10.1. The Balaban J connectivity index is 2.40. The summed E-state index contributed by atoms with van der Waals surface area (Å²) >= 11 is 0. The summed E-state index contributed by atoms with van der Waals surface area (Å²) in [7, 11) is 0. The minimum atomic E-state index is -2.75. The Labute approximate surface area is 101 Å². The lowest BCUT2D eigenvalue weighted by molar-refractivity contribution is -0.0498. The van der Waals surface area contributed by atoms with Crippen LogP contribution in [0.5, 0.6) is 5.75 Å². The predicted molar refractivity (Wildman–Crippen MR) is 64.5 cm³/mol. The fraction of sp³-hybridized carbons (Fsp3) is 0.538. The summed E-state index contributed by atoms with van der Waals surface area (Å²) in [5.74, 6) is 0.212. The van der Waals surface area contributed by atoms with Gasteiger partial charge in [-0.1, -0.05) is 19.1 Å². The minimum Gasteiger partial charge on any atom is -0.435 e. The van der Waals surface area contributed by atoms with Crippen molar-refractivity contribution >= 4 is 0 Å². The Morgan fingerprint density at radius 1 is 1.24 bits per heavy atom. The molecular formula is C13H19F2NO. The van der Waals surface area contributed by atoms with Gasteiger partial charge in [0.25, 0.3) is 0 Å². The topological polar surface area (TPSA) is 21.3 Å². The highest BCUT2D eigenvalue weighted by molar-refractivity contribution is 5.27. The van der Waals surface area contributed by atoms with Crippen molar-refractivity contribution in [3.63, 3.8) is 0 Å². The van der Waals surface area contributed by atoms with E-state index in [4.69, 9.17) is 0 Å². The van der Waals surface area contributed by atoms with Gasteiger partial charge in [-0.3, -0.25) is 0 Å². The molecule has 0 aliphatic carbocycles. The van der Waals surface area contributed by atoms with E-state index in [0.717, 1.165) is 24.9 Å². The van der Waals surface area contributed by atoms with Crippen LogP contribution < -0.4 is 10.1 Å². The van der Waals surface area contributed by atoms with Gasteiger partial charge >= 0.3 is 6.61 Å². The fourth-order valence-corrected chi connectivity index (χ4v) is 1.67. The molecule has 0 aromatic heterocycles. The minimum absolute atomic E-state index is 0.212. The molecule has 96 valence electrons. The van der Waals surface area contributed by atoms with Crippen molar-refractivity contribution < 1.29 is 13.5 Å². The quantitative estimate of drug-likeness (QED) is 0.794. The normalized spacial score (nSPS) is 12.8. The molecule has 1 unspecified atom stereocenters. The van der Waals surface area contributed by atoms with Crippen molar-refractivity contribution in [2.45, 2.75) is 39.3 Å². The molecule has 0 saturated carbocycles. The predicted octanol–water partition coefficient (Wildman–Crippen LogP) is 3.22. The summed E-state index contributed by atoms with van der Waals surface area (Å²) in [5.41, 5.74) is 1.14. The maximum atomic E-state index is 11.9. The number of benzene rings is 1. The van der Waals surface area contributed by atoms with Crippen LogP contribution in [0, 0.1) is 0 Å². The second-order valence-electron chi connectivity index (χ2n) is 4.02. The van der Waals surface area contributed by atoms with Crippen molar-refractivity contribution in [1.29, 1.82) is 0 Å². The van der Waals surface area contributed by atoms with Crippen LogP contribution in [0.4, 0.5) is 8.78 Å². The molecule has 0 saturated heterocycles. The SMILES string of the molecule is CCNC(C)CCc1ccc(OC(F)F)cc1. The summed E-state index contributed by atoms with van der Waals surface area (Å²) < 4.78 is 28.1. The highest BCUT2D eigenvalue weighted by atomic mass is 19.3. The molecule has 1 aromatic carbocycles. The maximum Gasteiger partial charge on any atom is 0.387 e. The molecule has 2 nitrogen and oxygen atoms in total. The average molecular weight is 243 g/mol. The van der Waals surface area contributed by atoms with Gasteiger partial charge in [-0.2, -0.15) is 8.78 Å². The third-order valence-electron chi connectivity index (χ3n) is 2.57. The molecule has 1 rings (SSSR count). The van der Waals surface area contributed by atoms with Crippen LogP contribution in [0.15, 0.2) is 24.3 Å². The molecule has 0 aliphatic rings. The zero-order valence-electron chi connectivity index (χ0n) is 10.2. The van der Waals surface area contributed by atoms with Gasteiger partial charge in [-0.25, -0.2) is 0 Å². The van der Waals surface area contributed by atoms with Crippen molar-refractivity contribution in [3.8, 4) is 5.75 Å². The molecule has 0 aliphatic heterocycles. The van der Waals surface area contributed by atoms with E-state index in [9.17, 15) is 8.78 Å². The van der Waals surface area contributed by atoms with Gasteiger partial charge in [0.1, 0.15) is 5.75 Å². The van der Waals surface area contributed by atoms with Crippen LogP contribution >= 0.6 is 0 Å². The monoisotopic (exact) mass is 243 g/mol. The summed E-state index contributed by atoms with van der Waals surface area (Å²) in [6, 6.07) is 7.29. The third-order valence-corrected chi connectivity index (χ3v) is 2.57. The van der Waals surface area contributed by atoms with E-state index in [1.54, 1.807) is 12.1 Å². The van der Waals surface area contributed by atoms with Crippen LogP contribution in [0.25, 0.3) is 0 Å². The maximum absolute atomic E-state index is 11.9. The number of rotatable bonds is 7. The Morgan fingerprint density at radius 2 is 1.88 bits per heavy atom. The third kappa shape index (κ3) is 5.63. The Morgan fingerprint density at radius 3 is 2.41 bits per heavy atom. The Kier molecular flexibility index (Phi) is 5.91. The lowest BCUT2D eigenvalue weighted by Gasteiger charge is -2.12. The van der Waals surface area contributed by atoms with E-state index in [1.807, 2.05) is 12.1 Å². The number of hydrogen-bond acceptors (Lipinski definition) is 2. The van der Waals surface area contributed by atoms with E-state index >= 15 is 0 Å². The molecule has 1 N–H and O–H groups in total. The first-order chi connectivity index (χ1) is 8.11. The lowest BCUT2D eigenvalue weighted by Crippen LogP contribution is -2.25. The molecule has 0 radical (unpaired) electrons. The number of halogens is 2. The molecule has 17 heavy (non-hydrogen) atoms. The number of ether oxygens (including phenoxy) is 1. The van der Waals surface area contributed by atoms with Gasteiger partial charge in [0.2, 0.25) is 0 Å². The highest BCUT2D eigenvalue weighted by Gasteiger charge is 2.04. The largest absolute Gasteiger partial charge is 0.435 e. The van der Waals surface area contributed by atoms with Crippen LogP contribution in [-0.2, 0) is 6.42 Å². The van der Waals surface area contributed by atoms with Crippen LogP contribution in [0.2, 0.25) is 0 Å². The van der Waals surface area contributed by atoms with E-state index < -0.39 is 6.61 Å². The van der Waals surface area contributed by atoms with Gasteiger partial charge < -0.3 is 10.1 Å². The highest BCUT2D eigenvalue weighted by Crippen LogP contribution is 2.16. The zero-order chi connectivity index (χ0) is 12.7. The van der Waals surface area contributed by atoms with Gasteiger partial charge in [-0.05, 0) is 44.0 Å². The second-order valence-corrected chi connectivity index (χ2v) is 4.02. The summed E-state index contributed by atoms with van der Waals surface area (Å²) in [6.45, 7) is 2.42. The first kappa shape index (κ1) is 13.9. The molecule has 0 bridgehead atoms. The molecule has 4 heteroatoms.